The molecule has 0 spiro atoms. The third-order valence-electron chi connectivity index (χ3n) is 2.76. The molecule has 0 saturated heterocycles. The molecule has 0 saturated carbocycles. The third-order valence-corrected chi connectivity index (χ3v) is 3.51. The summed E-state index contributed by atoms with van der Waals surface area (Å²) in [6.07, 6.45) is 0.147. The van der Waals surface area contributed by atoms with E-state index < -0.39 is 0 Å². The lowest BCUT2D eigenvalue weighted by Gasteiger charge is -2.08. The third kappa shape index (κ3) is 5.55. The van der Waals surface area contributed by atoms with Crippen LogP contribution in [0.2, 0.25) is 0 Å². The highest BCUT2D eigenvalue weighted by Crippen LogP contribution is 2.15. The maximum absolute atomic E-state index is 11.7. The van der Waals surface area contributed by atoms with Crippen LogP contribution in [0.25, 0.3) is 0 Å². The van der Waals surface area contributed by atoms with Crippen LogP contribution in [0.3, 0.4) is 0 Å². The van der Waals surface area contributed by atoms with Gasteiger partial charge in [-0.25, -0.2) is 4.79 Å². The number of hydrogen-bond donors (Lipinski definition) is 3. The van der Waals surface area contributed by atoms with Crippen LogP contribution in [0.4, 0.5) is 15.6 Å². The quantitative estimate of drug-likeness (QED) is 0.749. The molecule has 3 N–H and O–H groups in total. The van der Waals surface area contributed by atoms with Gasteiger partial charge in [0, 0.05) is 18.7 Å². The van der Waals surface area contributed by atoms with Crippen molar-refractivity contribution in [2.24, 2.45) is 0 Å². The molecule has 0 aliphatic carbocycles. The Bertz CT molecular complexity index is 671. The highest BCUT2D eigenvalue weighted by Gasteiger charge is 2.07. The maximum atomic E-state index is 11.7. The number of rotatable bonds is 6. The van der Waals surface area contributed by atoms with Crippen LogP contribution < -0.4 is 20.7 Å². The SMILES string of the molecule is COc1ccc(NC(=O)NCCC(=O)Nc2nnc(C)s2)cc1. The summed E-state index contributed by atoms with van der Waals surface area (Å²) < 4.78 is 5.03. The van der Waals surface area contributed by atoms with Crippen molar-refractivity contribution in [1.82, 2.24) is 15.5 Å². The molecule has 0 atom stereocenters. The first kappa shape index (κ1) is 16.7. The molecule has 0 fully saturated rings. The predicted molar refractivity (Wildman–Crippen MR) is 87.9 cm³/mol. The summed E-state index contributed by atoms with van der Waals surface area (Å²) >= 11 is 1.30. The first-order valence-electron chi connectivity index (χ1n) is 6.85. The highest BCUT2D eigenvalue weighted by atomic mass is 32.1. The second kappa shape index (κ2) is 8.08. The van der Waals surface area contributed by atoms with Crippen LogP contribution in [0.5, 0.6) is 5.75 Å². The van der Waals surface area contributed by atoms with Gasteiger partial charge >= 0.3 is 6.03 Å². The molecule has 0 aliphatic heterocycles. The van der Waals surface area contributed by atoms with Gasteiger partial charge in [-0.05, 0) is 31.2 Å². The molecule has 2 rings (SSSR count). The van der Waals surface area contributed by atoms with E-state index in [0.717, 1.165) is 5.01 Å². The minimum Gasteiger partial charge on any atom is -0.497 e. The number of anilines is 2. The molecule has 9 heteroatoms. The lowest BCUT2D eigenvalue weighted by atomic mass is 10.3. The fourth-order valence-electron chi connectivity index (χ4n) is 1.67. The van der Waals surface area contributed by atoms with E-state index in [-0.39, 0.29) is 24.9 Å². The van der Waals surface area contributed by atoms with Crippen LogP contribution >= 0.6 is 11.3 Å². The van der Waals surface area contributed by atoms with Crippen molar-refractivity contribution in [3.63, 3.8) is 0 Å². The zero-order chi connectivity index (χ0) is 16.7. The molecular formula is C14H17N5O3S. The first-order chi connectivity index (χ1) is 11.1. The van der Waals surface area contributed by atoms with E-state index in [2.05, 4.69) is 26.1 Å². The van der Waals surface area contributed by atoms with E-state index in [1.165, 1.54) is 11.3 Å². The van der Waals surface area contributed by atoms with Crippen molar-refractivity contribution < 1.29 is 14.3 Å². The molecule has 8 nitrogen and oxygen atoms in total. The summed E-state index contributed by atoms with van der Waals surface area (Å²) in [6.45, 7) is 2.02. The number of nitrogens with zero attached hydrogens (tertiary/aromatic N) is 2. The molecular weight excluding hydrogens is 318 g/mol. The number of carbonyl (C=O) groups is 2. The summed E-state index contributed by atoms with van der Waals surface area (Å²) in [5.41, 5.74) is 0.636. The van der Waals surface area contributed by atoms with Gasteiger partial charge in [-0.3, -0.25) is 4.79 Å². The largest absolute Gasteiger partial charge is 0.497 e. The Balaban J connectivity index is 1.68. The summed E-state index contributed by atoms with van der Waals surface area (Å²) in [5.74, 6) is 0.477. The summed E-state index contributed by atoms with van der Waals surface area (Å²) in [7, 11) is 1.57. The predicted octanol–water partition coefficient (Wildman–Crippen LogP) is 2.01. The van der Waals surface area contributed by atoms with Gasteiger partial charge in [0.05, 0.1) is 7.11 Å². The number of nitrogens with one attached hydrogen (secondary N) is 3. The van der Waals surface area contributed by atoms with E-state index in [1.54, 1.807) is 38.3 Å². The van der Waals surface area contributed by atoms with Gasteiger partial charge in [-0.15, -0.1) is 10.2 Å². The minimum absolute atomic E-state index is 0.147. The number of carbonyl (C=O) groups excluding carboxylic acids is 2. The molecule has 0 bridgehead atoms. The number of aromatic nitrogens is 2. The highest BCUT2D eigenvalue weighted by molar-refractivity contribution is 7.15. The van der Waals surface area contributed by atoms with Crippen LogP contribution in [0, 0.1) is 6.92 Å². The van der Waals surface area contributed by atoms with Gasteiger partial charge in [0.2, 0.25) is 11.0 Å². The van der Waals surface area contributed by atoms with Crippen molar-refractivity contribution in [1.29, 1.82) is 0 Å². The second-order valence-electron chi connectivity index (χ2n) is 4.53. The zero-order valence-corrected chi connectivity index (χ0v) is 13.6. The van der Waals surface area contributed by atoms with E-state index in [0.29, 0.717) is 16.6 Å². The molecule has 1 aromatic heterocycles. The Hall–Kier alpha value is -2.68. The van der Waals surface area contributed by atoms with Crippen molar-refractivity contribution in [3.05, 3.63) is 29.3 Å². The number of amides is 3. The molecule has 23 heavy (non-hydrogen) atoms. The van der Waals surface area contributed by atoms with Crippen LogP contribution in [0.1, 0.15) is 11.4 Å². The van der Waals surface area contributed by atoms with Crippen LogP contribution in [0.15, 0.2) is 24.3 Å². The van der Waals surface area contributed by atoms with Crippen molar-refractivity contribution in [3.8, 4) is 5.75 Å². The number of urea groups is 1. The average molecular weight is 335 g/mol. The summed E-state index contributed by atoms with van der Waals surface area (Å²) in [5, 5.41) is 16.7. The maximum Gasteiger partial charge on any atom is 0.319 e. The zero-order valence-electron chi connectivity index (χ0n) is 12.8. The molecule has 2 aromatic rings. The fraction of sp³-hybridized carbons (Fsp3) is 0.286. The van der Waals surface area contributed by atoms with Gasteiger partial charge < -0.3 is 20.7 Å². The number of hydrogen-bond acceptors (Lipinski definition) is 6. The molecule has 0 aliphatic rings. The molecule has 122 valence electrons. The monoisotopic (exact) mass is 335 g/mol. The van der Waals surface area contributed by atoms with Gasteiger partial charge in [-0.1, -0.05) is 11.3 Å². The first-order valence-corrected chi connectivity index (χ1v) is 7.67. The number of ether oxygens (including phenoxy) is 1. The fourth-order valence-corrected chi connectivity index (χ4v) is 2.28. The standard InChI is InChI=1S/C14H17N5O3S/c1-9-18-19-14(23-9)17-12(20)7-8-15-13(21)16-10-3-5-11(22-2)6-4-10/h3-6H,7-8H2,1-2H3,(H2,15,16,21)(H,17,19,20). The van der Waals surface area contributed by atoms with Gasteiger partial charge in [-0.2, -0.15) is 0 Å². The lowest BCUT2D eigenvalue weighted by molar-refractivity contribution is -0.116. The summed E-state index contributed by atoms with van der Waals surface area (Å²) in [4.78, 5) is 23.4. The molecule has 0 radical (unpaired) electrons. The van der Waals surface area contributed by atoms with E-state index in [4.69, 9.17) is 4.74 Å². The van der Waals surface area contributed by atoms with E-state index >= 15 is 0 Å². The molecule has 0 unspecified atom stereocenters. The van der Waals surface area contributed by atoms with Crippen molar-refractivity contribution in [2.45, 2.75) is 13.3 Å². The molecule has 1 aromatic carbocycles. The smallest absolute Gasteiger partial charge is 0.319 e. The Morgan fingerprint density at radius 3 is 2.52 bits per heavy atom. The van der Waals surface area contributed by atoms with Gasteiger partial charge in [0.25, 0.3) is 0 Å². The van der Waals surface area contributed by atoms with Crippen LogP contribution in [-0.2, 0) is 4.79 Å². The molecule has 3 amide bonds. The normalized spacial score (nSPS) is 10.0. The van der Waals surface area contributed by atoms with Crippen molar-refractivity contribution in [2.75, 3.05) is 24.3 Å². The van der Waals surface area contributed by atoms with E-state index in [9.17, 15) is 9.59 Å². The average Bonchev–Trinajstić information content (AvgIpc) is 2.93. The topological polar surface area (TPSA) is 105 Å². The Kier molecular flexibility index (Phi) is 5.87. The Morgan fingerprint density at radius 2 is 1.91 bits per heavy atom. The van der Waals surface area contributed by atoms with Gasteiger partial charge in [0.15, 0.2) is 0 Å². The molecule has 1 heterocycles. The van der Waals surface area contributed by atoms with Crippen molar-refractivity contribution >= 4 is 34.1 Å². The number of benzene rings is 1. The van der Waals surface area contributed by atoms with Gasteiger partial charge in [0.1, 0.15) is 10.8 Å². The summed E-state index contributed by atoms with van der Waals surface area (Å²) in [6, 6.07) is 6.56. The number of aryl methyl sites for hydroxylation is 1. The Labute approximate surface area is 137 Å². The lowest BCUT2D eigenvalue weighted by Crippen LogP contribution is -2.31. The van der Waals surface area contributed by atoms with Crippen LogP contribution in [-0.4, -0.2) is 35.8 Å². The Morgan fingerprint density at radius 1 is 1.17 bits per heavy atom. The minimum atomic E-state index is -0.380. The van der Waals surface area contributed by atoms with E-state index in [1.807, 2.05) is 0 Å². The second-order valence-corrected chi connectivity index (χ2v) is 5.72. The number of methoxy groups -OCH3 is 1.